The van der Waals surface area contributed by atoms with E-state index < -0.39 is 0 Å². The minimum atomic E-state index is 0.863. The van der Waals surface area contributed by atoms with Gasteiger partial charge in [-0.2, -0.15) is 5.10 Å². The topological polar surface area (TPSA) is 33.1 Å². The van der Waals surface area contributed by atoms with Crippen LogP contribution < -0.4 is 5.32 Å². The van der Waals surface area contributed by atoms with Crippen LogP contribution >= 0.6 is 0 Å². The third kappa shape index (κ3) is 3.72. The SMILES string of the molecule is C=Cn1cc(CNCCN(C)C)cn1. The van der Waals surface area contributed by atoms with E-state index in [9.17, 15) is 0 Å². The molecule has 0 fully saturated rings. The van der Waals surface area contributed by atoms with Crippen LogP contribution in [0.5, 0.6) is 0 Å². The van der Waals surface area contributed by atoms with Crippen molar-refractivity contribution >= 4 is 6.20 Å². The van der Waals surface area contributed by atoms with Gasteiger partial charge in [0.25, 0.3) is 0 Å². The molecule has 0 bridgehead atoms. The fourth-order valence-corrected chi connectivity index (χ4v) is 1.10. The first-order valence-corrected chi connectivity index (χ1v) is 4.73. The molecule has 4 heteroatoms. The zero-order chi connectivity index (χ0) is 10.4. The molecule has 0 saturated heterocycles. The van der Waals surface area contributed by atoms with Crippen molar-refractivity contribution in [3.63, 3.8) is 0 Å². The summed E-state index contributed by atoms with van der Waals surface area (Å²) in [5.74, 6) is 0. The van der Waals surface area contributed by atoms with Gasteiger partial charge in [0.15, 0.2) is 0 Å². The molecule has 0 aliphatic heterocycles. The second kappa shape index (κ2) is 5.57. The molecule has 0 aromatic carbocycles. The molecule has 0 radical (unpaired) electrons. The Labute approximate surface area is 85.2 Å². The molecule has 1 heterocycles. The summed E-state index contributed by atoms with van der Waals surface area (Å²) in [5, 5.41) is 7.44. The number of aromatic nitrogens is 2. The van der Waals surface area contributed by atoms with Crippen molar-refractivity contribution in [2.75, 3.05) is 27.2 Å². The van der Waals surface area contributed by atoms with Gasteiger partial charge in [0.2, 0.25) is 0 Å². The highest BCUT2D eigenvalue weighted by molar-refractivity contribution is 5.17. The van der Waals surface area contributed by atoms with Gasteiger partial charge in [0.1, 0.15) is 0 Å². The zero-order valence-corrected chi connectivity index (χ0v) is 8.90. The zero-order valence-electron chi connectivity index (χ0n) is 8.90. The molecular weight excluding hydrogens is 176 g/mol. The predicted octanol–water partition coefficient (Wildman–Crippen LogP) is 0.635. The van der Waals surface area contributed by atoms with E-state index in [2.05, 4.69) is 36.0 Å². The molecule has 78 valence electrons. The van der Waals surface area contributed by atoms with E-state index in [1.54, 1.807) is 10.9 Å². The summed E-state index contributed by atoms with van der Waals surface area (Å²) in [6, 6.07) is 0. The first-order valence-electron chi connectivity index (χ1n) is 4.73. The second-order valence-corrected chi connectivity index (χ2v) is 3.49. The molecule has 1 aromatic heterocycles. The van der Waals surface area contributed by atoms with Crippen molar-refractivity contribution in [1.82, 2.24) is 20.0 Å². The second-order valence-electron chi connectivity index (χ2n) is 3.49. The maximum absolute atomic E-state index is 4.10. The van der Waals surface area contributed by atoms with Crippen molar-refractivity contribution in [2.45, 2.75) is 6.54 Å². The van der Waals surface area contributed by atoms with Crippen LogP contribution in [0.1, 0.15) is 5.56 Å². The number of nitrogens with one attached hydrogen (secondary N) is 1. The van der Waals surface area contributed by atoms with Crippen LogP contribution in [-0.4, -0.2) is 41.9 Å². The van der Waals surface area contributed by atoms with Gasteiger partial charge in [0, 0.05) is 37.6 Å². The van der Waals surface area contributed by atoms with E-state index in [1.165, 1.54) is 5.56 Å². The van der Waals surface area contributed by atoms with Crippen LogP contribution in [0.15, 0.2) is 19.0 Å². The predicted molar refractivity (Wildman–Crippen MR) is 58.9 cm³/mol. The molecule has 0 atom stereocenters. The van der Waals surface area contributed by atoms with E-state index >= 15 is 0 Å². The van der Waals surface area contributed by atoms with Gasteiger partial charge in [-0.3, -0.25) is 0 Å². The molecular formula is C10H18N4. The summed E-state index contributed by atoms with van der Waals surface area (Å²) in [6.07, 6.45) is 5.50. The Bertz CT molecular complexity index is 277. The number of hydrogen-bond acceptors (Lipinski definition) is 3. The van der Waals surface area contributed by atoms with E-state index in [1.807, 2.05) is 12.4 Å². The van der Waals surface area contributed by atoms with E-state index in [0.29, 0.717) is 0 Å². The molecule has 0 spiro atoms. The van der Waals surface area contributed by atoms with Crippen molar-refractivity contribution in [1.29, 1.82) is 0 Å². The van der Waals surface area contributed by atoms with Gasteiger partial charge in [-0.05, 0) is 14.1 Å². The van der Waals surface area contributed by atoms with Crippen LogP contribution in [0.4, 0.5) is 0 Å². The Morgan fingerprint density at radius 2 is 2.43 bits per heavy atom. The summed E-state index contributed by atoms with van der Waals surface area (Å²) in [4.78, 5) is 2.15. The Morgan fingerprint density at radius 1 is 1.64 bits per heavy atom. The molecule has 1 rings (SSSR count). The highest BCUT2D eigenvalue weighted by atomic mass is 15.2. The Kier molecular flexibility index (Phi) is 4.35. The summed E-state index contributed by atoms with van der Waals surface area (Å²) in [7, 11) is 4.13. The van der Waals surface area contributed by atoms with Gasteiger partial charge >= 0.3 is 0 Å². The van der Waals surface area contributed by atoms with Crippen molar-refractivity contribution in [2.24, 2.45) is 0 Å². The Hall–Kier alpha value is -1.13. The Balaban J connectivity index is 2.21. The largest absolute Gasteiger partial charge is 0.311 e. The quantitative estimate of drug-likeness (QED) is 0.674. The van der Waals surface area contributed by atoms with Gasteiger partial charge in [0.05, 0.1) is 6.20 Å². The molecule has 1 aromatic rings. The minimum Gasteiger partial charge on any atom is -0.311 e. The molecule has 14 heavy (non-hydrogen) atoms. The molecule has 0 aliphatic rings. The van der Waals surface area contributed by atoms with Gasteiger partial charge < -0.3 is 10.2 Å². The normalized spacial score (nSPS) is 10.8. The lowest BCUT2D eigenvalue weighted by Gasteiger charge is -2.09. The van der Waals surface area contributed by atoms with E-state index in [0.717, 1.165) is 19.6 Å². The molecule has 0 unspecified atom stereocenters. The average molecular weight is 194 g/mol. The monoisotopic (exact) mass is 194 g/mol. The number of likely N-dealkylation sites (N-methyl/N-ethyl adjacent to an activating group) is 1. The van der Waals surface area contributed by atoms with Crippen LogP contribution in [0.3, 0.4) is 0 Å². The van der Waals surface area contributed by atoms with Crippen LogP contribution in [0, 0.1) is 0 Å². The number of rotatable bonds is 6. The third-order valence-corrected chi connectivity index (χ3v) is 1.91. The Morgan fingerprint density at radius 3 is 3.00 bits per heavy atom. The lowest BCUT2D eigenvalue weighted by atomic mass is 10.3. The molecule has 4 nitrogen and oxygen atoms in total. The minimum absolute atomic E-state index is 0.863. The average Bonchev–Trinajstić information content (AvgIpc) is 2.60. The van der Waals surface area contributed by atoms with Crippen LogP contribution in [0.2, 0.25) is 0 Å². The summed E-state index contributed by atoms with van der Waals surface area (Å²) in [6.45, 7) is 6.54. The highest BCUT2D eigenvalue weighted by Gasteiger charge is 1.95. The summed E-state index contributed by atoms with van der Waals surface area (Å²) >= 11 is 0. The van der Waals surface area contributed by atoms with Gasteiger partial charge in [-0.1, -0.05) is 6.58 Å². The highest BCUT2D eigenvalue weighted by Crippen LogP contribution is 1.96. The van der Waals surface area contributed by atoms with Crippen molar-refractivity contribution in [3.8, 4) is 0 Å². The van der Waals surface area contributed by atoms with Crippen molar-refractivity contribution in [3.05, 3.63) is 24.5 Å². The third-order valence-electron chi connectivity index (χ3n) is 1.91. The smallest absolute Gasteiger partial charge is 0.0538 e. The summed E-state index contributed by atoms with van der Waals surface area (Å²) < 4.78 is 1.71. The maximum Gasteiger partial charge on any atom is 0.0538 e. The van der Waals surface area contributed by atoms with Crippen LogP contribution in [-0.2, 0) is 6.54 Å². The first-order chi connectivity index (χ1) is 6.72. The number of hydrogen-bond donors (Lipinski definition) is 1. The van der Waals surface area contributed by atoms with E-state index in [4.69, 9.17) is 0 Å². The molecule has 0 saturated carbocycles. The van der Waals surface area contributed by atoms with Gasteiger partial charge in [-0.25, -0.2) is 4.68 Å². The maximum atomic E-state index is 4.10. The first kappa shape index (κ1) is 10.9. The standard InChI is InChI=1S/C10H18N4/c1-4-14-9-10(8-12-14)7-11-5-6-13(2)3/h4,8-9,11H,1,5-7H2,2-3H3. The number of nitrogens with zero attached hydrogens (tertiary/aromatic N) is 3. The molecule has 0 amide bonds. The molecule has 0 aliphatic carbocycles. The lowest BCUT2D eigenvalue weighted by Crippen LogP contribution is -2.26. The summed E-state index contributed by atoms with van der Waals surface area (Å²) in [5.41, 5.74) is 1.18. The fraction of sp³-hybridized carbons (Fsp3) is 0.500. The van der Waals surface area contributed by atoms with Gasteiger partial charge in [-0.15, -0.1) is 0 Å². The van der Waals surface area contributed by atoms with Crippen LogP contribution in [0.25, 0.3) is 6.20 Å². The lowest BCUT2D eigenvalue weighted by molar-refractivity contribution is 0.400. The van der Waals surface area contributed by atoms with E-state index in [-0.39, 0.29) is 0 Å². The molecule has 1 N–H and O–H groups in total. The fourth-order valence-electron chi connectivity index (χ4n) is 1.10. The van der Waals surface area contributed by atoms with Crippen molar-refractivity contribution < 1.29 is 0 Å².